The molecule has 0 radical (unpaired) electrons. The maximum atomic E-state index is 4.54. The van der Waals surface area contributed by atoms with Crippen LogP contribution in [0.5, 0.6) is 0 Å². The van der Waals surface area contributed by atoms with Crippen LogP contribution in [-0.4, -0.2) is 4.98 Å². The van der Waals surface area contributed by atoms with Crippen molar-refractivity contribution in [2.45, 2.75) is 26.2 Å². The Balaban J connectivity index is 2.76. The van der Waals surface area contributed by atoms with Crippen LogP contribution in [0.1, 0.15) is 26.6 Å². The Morgan fingerprint density at radius 3 is 2.47 bits per heavy atom. The van der Waals surface area contributed by atoms with Crippen LogP contribution in [0.25, 0.3) is 10.9 Å². The molecule has 78 valence electrons. The molecule has 2 aromatic rings. The second kappa shape index (κ2) is 3.30. The van der Waals surface area contributed by atoms with Gasteiger partial charge in [0, 0.05) is 0 Å². The molecule has 0 atom stereocenters. The molecule has 2 rings (SSSR count). The predicted octanol–water partition coefficient (Wildman–Crippen LogP) is 2.36. The highest BCUT2D eigenvalue weighted by atomic mass is 15.0. The highest BCUT2D eigenvalue weighted by Gasteiger charge is 2.27. The molecule has 0 fully saturated rings. The summed E-state index contributed by atoms with van der Waals surface area (Å²) in [5.74, 6) is 1.11. The van der Waals surface area contributed by atoms with E-state index < -0.39 is 0 Å². The van der Waals surface area contributed by atoms with E-state index in [2.05, 4.69) is 55.6 Å². The lowest BCUT2D eigenvalue weighted by Gasteiger charge is -2.14. The molecule has 0 bridgehead atoms. The Morgan fingerprint density at radius 1 is 1.13 bits per heavy atom. The standard InChI is InChI=1S/C13H17N2/c1-13(2,3)12-14-9-10-7-5-6-8-11(10)15(12)4/h5-9H,1-4H3/q+1. The third-order valence-corrected chi connectivity index (χ3v) is 2.61. The lowest BCUT2D eigenvalue weighted by atomic mass is 9.95. The molecule has 0 aliphatic carbocycles. The summed E-state index contributed by atoms with van der Waals surface area (Å²) in [6.07, 6.45) is 1.95. The van der Waals surface area contributed by atoms with Crippen LogP contribution in [0.2, 0.25) is 0 Å². The first kappa shape index (κ1) is 10.1. The Labute approximate surface area is 90.6 Å². The molecule has 0 saturated carbocycles. The molecule has 1 aromatic heterocycles. The fourth-order valence-electron chi connectivity index (χ4n) is 1.93. The lowest BCUT2D eigenvalue weighted by molar-refractivity contribution is -0.659. The van der Waals surface area contributed by atoms with E-state index in [0.717, 1.165) is 5.82 Å². The van der Waals surface area contributed by atoms with Crippen molar-refractivity contribution < 1.29 is 4.57 Å². The summed E-state index contributed by atoms with van der Waals surface area (Å²) in [6.45, 7) is 6.55. The van der Waals surface area contributed by atoms with E-state index in [4.69, 9.17) is 0 Å². The fraction of sp³-hybridized carbons (Fsp3) is 0.385. The number of aromatic nitrogens is 2. The molecule has 0 N–H and O–H groups in total. The zero-order valence-corrected chi connectivity index (χ0v) is 9.78. The minimum atomic E-state index is 0.0821. The van der Waals surface area contributed by atoms with E-state index >= 15 is 0 Å². The van der Waals surface area contributed by atoms with Gasteiger partial charge < -0.3 is 0 Å². The summed E-state index contributed by atoms with van der Waals surface area (Å²) >= 11 is 0. The lowest BCUT2D eigenvalue weighted by Crippen LogP contribution is -2.41. The zero-order valence-electron chi connectivity index (χ0n) is 9.78. The number of para-hydroxylation sites is 1. The normalized spacial score (nSPS) is 12.0. The Hall–Kier alpha value is -1.44. The quantitative estimate of drug-likeness (QED) is 0.598. The van der Waals surface area contributed by atoms with Gasteiger partial charge in [-0.2, -0.15) is 0 Å². The van der Waals surface area contributed by atoms with Gasteiger partial charge in [0.25, 0.3) is 0 Å². The fourth-order valence-corrected chi connectivity index (χ4v) is 1.93. The number of nitrogens with zero attached hydrogens (tertiary/aromatic N) is 2. The van der Waals surface area contributed by atoms with Crippen molar-refractivity contribution in [3.63, 3.8) is 0 Å². The van der Waals surface area contributed by atoms with Gasteiger partial charge in [-0.15, -0.1) is 0 Å². The number of aryl methyl sites for hydroxylation is 1. The zero-order chi connectivity index (χ0) is 11.1. The van der Waals surface area contributed by atoms with Crippen LogP contribution < -0.4 is 4.57 Å². The van der Waals surface area contributed by atoms with E-state index in [-0.39, 0.29) is 5.41 Å². The molecular weight excluding hydrogens is 184 g/mol. The van der Waals surface area contributed by atoms with Crippen LogP contribution >= 0.6 is 0 Å². The van der Waals surface area contributed by atoms with Gasteiger partial charge in [-0.05, 0) is 32.9 Å². The summed E-state index contributed by atoms with van der Waals surface area (Å²) in [7, 11) is 2.08. The Bertz CT molecular complexity index is 495. The van der Waals surface area contributed by atoms with E-state index in [1.807, 2.05) is 12.3 Å². The number of hydrogen-bond acceptors (Lipinski definition) is 1. The number of hydrogen-bond donors (Lipinski definition) is 0. The van der Waals surface area contributed by atoms with Gasteiger partial charge in [0.2, 0.25) is 0 Å². The summed E-state index contributed by atoms with van der Waals surface area (Å²) in [5, 5.41) is 1.19. The Morgan fingerprint density at radius 2 is 1.80 bits per heavy atom. The molecule has 1 aromatic carbocycles. The topological polar surface area (TPSA) is 16.8 Å². The van der Waals surface area contributed by atoms with Crippen molar-refractivity contribution in [2.75, 3.05) is 0 Å². The van der Waals surface area contributed by atoms with Crippen molar-refractivity contribution in [3.8, 4) is 0 Å². The monoisotopic (exact) mass is 201 g/mol. The SMILES string of the molecule is C[n+]1c(C(C)(C)C)ncc2ccccc21. The van der Waals surface area contributed by atoms with Gasteiger partial charge in [-0.1, -0.05) is 17.1 Å². The molecule has 0 unspecified atom stereocenters. The molecule has 2 nitrogen and oxygen atoms in total. The molecular formula is C13H17N2+. The van der Waals surface area contributed by atoms with Crippen LogP contribution in [0, 0.1) is 0 Å². The molecule has 2 heteroatoms. The molecule has 0 saturated heterocycles. The highest BCUT2D eigenvalue weighted by molar-refractivity contribution is 5.74. The van der Waals surface area contributed by atoms with Gasteiger partial charge in [-0.3, -0.25) is 0 Å². The average molecular weight is 201 g/mol. The first-order valence-corrected chi connectivity index (χ1v) is 5.24. The van der Waals surface area contributed by atoms with Gasteiger partial charge >= 0.3 is 5.82 Å². The van der Waals surface area contributed by atoms with Crippen molar-refractivity contribution in [3.05, 3.63) is 36.3 Å². The highest BCUT2D eigenvalue weighted by Crippen LogP contribution is 2.18. The first-order chi connectivity index (χ1) is 7.00. The third kappa shape index (κ3) is 1.72. The summed E-state index contributed by atoms with van der Waals surface area (Å²) in [4.78, 5) is 4.54. The molecule has 1 heterocycles. The van der Waals surface area contributed by atoms with Crippen molar-refractivity contribution in [1.29, 1.82) is 0 Å². The van der Waals surface area contributed by atoms with Crippen molar-refractivity contribution in [2.24, 2.45) is 7.05 Å². The Kier molecular flexibility index (Phi) is 2.22. The predicted molar refractivity (Wildman–Crippen MR) is 61.6 cm³/mol. The van der Waals surface area contributed by atoms with Crippen LogP contribution in [0.4, 0.5) is 0 Å². The van der Waals surface area contributed by atoms with Crippen molar-refractivity contribution in [1.82, 2.24) is 4.98 Å². The van der Waals surface area contributed by atoms with E-state index in [0.29, 0.717) is 0 Å². The largest absolute Gasteiger partial charge is 0.303 e. The maximum Gasteiger partial charge on any atom is 0.303 e. The molecule has 0 spiro atoms. The number of fused-ring (bicyclic) bond motifs is 1. The van der Waals surface area contributed by atoms with Gasteiger partial charge in [0.05, 0.1) is 17.8 Å². The summed E-state index contributed by atoms with van der Waals surface area (Å²) in [6, 6.07) is 8.33. The third-order valence-electron chi connectivity index (χ3n) is 2.61. The minimum absolute atomic E-state index is 0.0821. The number of rotatable bonds is 0. The number of benzene rings is 1. The van der Waals surface area contributed by atoms with Crippen molar-refractivity contribution >= 4 is 10.9 Å². The summed E-state index contributed by atoms with van der Waals surface area (Å²) in [5.41, 5.74) is 1.32. The average Bonchev–Trinajstić information content (AvgIpc) is 2.16. The molecule has 15 heavy (non-hydrogen) atoms. The molecule has 0 amide bonds. The van der Waals surface area contributed by atoms with Gasteiger partial charge in [0.15, 0.2) is 6.20 Å². The maximum absolute atomic E-state index is 4.54. The minimum Gasteiger partial charge on any atom is -0.229 e. The second-order valence-electron chi connectivity index (χ2n) is 4.95. The van der Waals surface area contributed by atoms with E-state index in [1.165, 1.54) is 10.9 Å². The van der Waals surface area contributed by atoms with Gasteiger partial charge in [-0.25, -0.2) is 4.57 Å². The van der Waals surface area contributed by atoms with Crippen LogP contribution in [0.15, 0.2) is 30.5 Å². The smallest absolute Gasteiger partial charge is 0.229 e. The first-order valence-electron chi connectivity index (χ1n) is 5.24. The van der Waals surface area contributed by atoms with E-state index in [9.17, 15) is 0 Å². The van der Waals surface area contributed by atoms with Crippen LogP contribution in [0.3, 0.4) is 0 Å². The second-order valence-corrected chi connectivity index (χ2v) is 4.95. The van der Waals surface area contributed by atoms with Gasteiger partial charge in [0.1, 0.15) is 5.52 Å². The van der Waals surface area contributed by atoms with E-state index in [1.54, 1.807) is 0 Å². The van der Waals surface area contributed by atoms with Crippen LogP contribution in [-0.2, 0) is 12.5 Å². The molecule has 0 aliphatic heterocycles. The summed E-state index contributed by atoms with van der Waals surface area (Å²) < 4.78 is 2.18. The molecule has 0 aliphatic rings.